The van der Waals surface area contributed by atoms with Crippen LogP contribution in [0.1, 0.15) is 0 Å². The molecule has 0 unspecified atom stereocenters. The maximum absolute atomic E-state index is 5.53. The first-order chi connectivity index (χ1) is 17.6. The molecule has 3 aromatic carbocycles. The van der Waals surface area contributed by atoms with Crippen molar-refractivity contribution in [1.82, 2.24) is 25.2 Å². The van der Waals surface area contributed by atoms with E-state index in [0.717, 1.165) is 32.2 Å². The van der Waals surface area contributed by atoms with Gasteiger partial charge in [0.05, 0.1) is 51.5 Å². The number of thiazole rings is 1. The van der Waals surface area contributed by atoms with Gasteiger partial charge in [0.15, 0.2) is 17.3 Å². The fourth-order valence-corrected chi connectivity index (χ4v) is 4.91. The first kappa shape index (κ1) is 23.4. The van der Waals surface area contributed by atoms with E-state index in [0.29, 0.717) is 34.4 Å². The summed E-state index contributed by atoms with van der Waals surface area (Å²) in [6.07, 6.45) is 0. The first-order valence-corrected chi connectivity index (χ1v) is 11.6. The molecule has 0 radical (unpaired) electrons. The predicted molar refractivity (Wildman–Crippen MR) is 136 cm³/mol. The SMILES string of the molecule is COc1cc(OC)c2sc(-c3ccc(-n4nnnc4-c4cc(OC)c(OC)c(OC)c4)cc3)nc2c1. The van der Waals surface area contributed by atoms with E-state index in [1.807, 2.05) is 36.4 Å². The molecule has 0 spiro atoms. The highest BCUT2D eigenvalue weighted by Gasteiger charge is 2.19. The van der Waals surface area contributed by atoms with Crippen LogP contribution in [0, 0.1) is 0 Å². The van der Waals surface area contributed by atoms with Crippen molar-refractivity contribution in [3.63, 3.8) is 0 Å². The molecule has 5 rings (SSSR count). The van der Waals surface area contributed by atoms with E-state index >= 15 is 0 Å². The molecule has 0 atom stereocenters. The number of tetrazole rings is 1. The number of aromatic nitrogens is 5. The third-order valence-electron chi connectivity index (χ3n) is 5.64. The Bertz CT molecular complexity index is 1510. The minimum Gasteiger partial charge on any atom is -0.497 e. The number of hydrogen-bond acceptors (Lipinski definition) is 10. The molecule has 0 aliphatic rings. The van der Waals surface area contributed by atoms with E-state index in [9.17, 15) is 0 Å². The summed E-state index contributed by atoms with van der Waals surface area (Å²) in [5.74, 6) is 3.48. The zero-order chi connectivity index (χ0) is 25.2. The van der Waals surface area contributed by atoms with Crippen molar-refractivity contribution in [1.29, 1.82) is 0 Å². The minimum atomic E-state index is 0.497. The number of nitrogens with zero attached hydrogens (tertiary/aromatic N) is 5. The summed E-state index contributed by atoms with van der Waals surface area (Å²) in [5.41, 5.74) is 3.28. The van der Waals surface area contributed by atoms with Gasteiger partial charge in [-0.05, 0) is 46.8 Å². The highest BCUT2D eigenvalue weighted by Crippen LogP contribution is 2.41. The largest absolute Gasteiger partial charge is 0.497 e. The van der Waals surface area contributed by atoms with Gasteiger partial charge in [0, 0.05) is 23.3 Å². The van der Waals surface area contributed by atoms with Gasteiger partial charge >= 0.3 is 0 Å². The van der Waals surface area contributed by atoms with Crippen molar-refractivity contribution >= 4 is 21.6 Å². The average Bonchev–Trinajstić information content (AvgIpc) is 3.59. The lowest BCUT2D eigenvalue weighted by molar-refractivity contribution is 0.324. The molecule has 11 heteroatoms. The van der Waals surface area contributed by atoms with Crippen molar-refractivity contribution in [3.8, 4) is 56.4 Å². The summed E-state index contributed by atoms with van der Waals surface area (Å²) in [7, 11) is 7.95. The second kappa shape index (κ2) is 9.70. The maximum Gasteiger partial charge on any atom is 0.203 e. The molecule has 10 nitrogen and oxygen atoms in total. The standard InChI is InChI=1S/C25H23N5O5S/c1-31-17-12-18-23(21(13-17)34-4)36-25(26-18)14-6-8-16(9-7-14)30-24(27-28-29-30)15-10-19(32-2)22(35-5)20(11-15)33-3/h6-13H,1-5H3. The summed E-state index contributed by atoms with van der Waals surface area (Å²) >= 11 is 1.56. The van der Waals surface area contributed by atoms with Crippen LogP contribution in [0.5, 0.6) is 28.7 Å². The molecule has 2 aromatic heterocycles. The summed E-state index contributed by atoms with van der Waals surface area (Å²) < 4.78 is 29.9. The first-order valence-electron chi connectivity index (χ1n) is 10.8. The molecule has 0 bridgehead atoms. The van der Waals surface area contributed by atoms with Crippen LogP contribution < -0.4 is 23.7 Å². The summed E-state index contributed by atoms with van der Waals surface area (Å²) in [6, 6.07) is 15.2. The zero-order valence-corrected chi connectivity index (χ0v) is 21.1. The van der Waals surface area contributed by atoms with Crippen molar-refractivity contribution < 1.29 is 23.7 Å². The molecule has 2 heterocycles. The summed E-state index contributed by atoms with van der Waals surface area (Å²) in [6.45, 7) is 0. The van der Waals surface area contributed by atoms with Crippen LogP contribution in [0.15, 0.2) is 48.5 Å². The maximum atomic E-state index is 5.53. The lowest BCUT2D eigenvalue weighted by Gasteiger charge is -2.14. The number of rotatable bonds is 8. The van der Waals surface area contributed by atoms with E-state index < -0.39 is 0 Å². The predicted octanol–water partition coefficient (Wildman–Crippen LogP) is 4.65. The molecule has 0 aliphatic heterocycles. The fourth-order valence-electron chi connectivity index (χ4n) is 3.87. The Balaban J connectivity index is 1.51. The van der Waals surface area contributed by atoms with Gasteiger partial charge in [0.25, 0.3) is 0 Å². The Morgan fingerprint density at radius 2 is 1.42 bits per heavy atom. The lowest BCUT2D eigenvalue weighted by atomic mass is 10.1. The quantitative estimate of drug-likeness (QED) is 0.298. The molecule has 36 heavy (non-hydrogen) atoms. The number of methoxy groups -OCH3 is 5. The van der Waals surface area contributed by atoms with Gasteiger partial charge in [0.1, 0.15) is 16.5 Å². The number of ether oxygens (including phenoxy) is 5. The molecule has 0 aliphatic carbocycles. The molecule has 0 saturated carbocycles. The van der Waals surface area contributed by atoms with Crippen LogP contribution in [0.3, 0.4) is 0 Å². The van der Waals surface area contributed by atoms with Crippen LogP contribution >= 0.6 is 11.3 Å². The van der Waals surface area contributed by atoms with E-state index in [-0.39, 0.29) is 0 Å². The molecule has 0 fully saturated rings. The van der Waals surface area contributed by atoms with Gasteiger partial charge in [-0.1, -0.05) is 0 Å². The molecular weight excluding hydrogens is 482 g/mol. The van der Waals surface area contributed by atoms with Crippen molar-refractivity contribution in [2.75, 3.05) is 35.5 Å². The number of hydrogen-bond donors (Lipinski definition) is 0. The molecule has 5 aromatic rings. The van der Waals surface area contributed by atoms with Gasteiger partial charge in [-0.3, -0.25) is 0 Å². The van der Waals surface area contributed by atoms with Crippen LogP contribution in [0.25, 0.3) is 37.9 Å². The molecule has 0 N–H and O–H groups in total. The van der Waals surface area contributed by atoms with Gasteiger partial charge in [-0.25, -0.2) is 4.98 Å². The van der Waals surface area contributed by atoms with Crippen molar-refractivity contribution in [2.45, 2.75) is 0 Å². The molecule has 0 amide bonds. The van der Waals surface area contributed by atoms with Crippen molar-refractivity contribution in [2.24, 2.45) is 0 Å². The highest BCUT2D eigenvalue weighted by molar-refractivity contribution is 7.22. The Kier molecular flexibility index (Phi) is 6.30. The summed E-state index contributed by atoms with van der Waals surface area (Å²) in [5, 5.41) is 13.2. The van der Waals surface area contributed by atoms with E-state index in [1.54, 1.807) is 63.7 Å². The Hall–Kier alpha value is -4.38. The average molecular weight is 506 g/mol. The van der Waals surface area contributed by atoms with Crippen LogP contribution in [-0.2, 0) is 0 Å². The van der Waals surface area contributed by atoms with Crippen molar-refractivity contribution in [3.05, 3.63) is 48.5 Å². The Labute approximate surface area is 211 Å². The van der Waals surface area contributed by atoms with E-state index in [4.69, 9.17) is 28.7 Å². The van der Waals surface area contributed by atoms with Crippen LogP contribution in [-0.4, -0.2) is 60.7 Å². The smallest absolute Gasteiger partial charge is 0.203 e. The molecular formula is C25H23N5O5S. The highest BCUT2D eigenvalue weighted by atomic mass is 32.1. The number of benzene rings is 3. The molecule has 0 saturated heterocycles. The topological polar surface area (TPSA) is 103 Å². The normalized spacial score (nSPS) is 10.9. The number of fused-ring (bicyclic) bond motifs is 1. The van der Waals surface area contributed by atoms with Gasteiger partial charge in [-0.15, -0.1) is 16.4 Å². The lowest BCUT2D eigenvalue weighted by Crippen LogP contribution is -2.01. The second-order valence-electron chi connectivity index (χ2n) is 7.57. The minimum absolute atomic E-state index is 0.497. The molecule has 184 valence electrons. The Morgan fingerprint density at radius 1 is 0.722 bits per heavy atom. The summed E-state index contributed by atoms with van der Waals surface area (Å²) in [4.78, 5) is 4.78. The third kappa shape index (κ3) is 4.03. The van der Waals surface area contributed by atoms with E-state index in [1.165, 1.54) is 0 Å². The van der Waals surface area contributed by atoms with E-state index in [2.05, 4.69) is 15.5 Å². The van der Waals surface area contributed by atoms with Crippen LogP contribution in [0.4, 0.5) is 0 Å². The van der Waals surface area contributed by atoms with Gasteiger partial charge < -0.3 is 23.7 Å². The second-order valence-corrected chi connectivity index (χ2v) is 8.57. The zero-order valence-electron chi connectivity index (χ0n) is 20.3. The van der Waals surface area contributed by atoms with Gasteiger partial charge in [0.2, 0.25) is 5.75 Å². The fraction of sp³-hybridized carbons (Fsp3) is 0.200. The third-order valence-corrected chi connectivity index (χ3v) is 6.77. The monoisotopic (exact) mass is 505 g/mol. The van der Waals surface area contributed by atoms with Gasteiger partial charge in [-0.2, -0.15) is 4.68 Å². The Morgan fingerprint density at radius 3 is 2.03 bits per heavy atom. The van der Waals surface area contributed by atoms with Crippen LogP contribution in [0.2, 0.25) is 0 Å².